The molecular formula is C15H15BrN4. The number of aromatic amines is 1. The molecule has 3 rings (SSSR count). The molecule has 0 fully saturated rings. The Labute approximate surface area is 126 Å². The summed E-state index contributed by atoms with van der Waals surface area (Å²) in [5.74, 6) is 1.74. The number of nitrogens with one attached hydrogen (secondary N) is 1. The first-order chi connectivity index (χ1) is 9.52. The monoisotopic (exact) mass is 330 g/mol. The van der Waals surface area contributed by atoms with Crippen LogP contribution < -0.4 is 4.90 Å². The number of fused-ring (bicyclic) bond motifs is 1. The number of anilines is 1. The molecule has 0 saturated carbocycles. The number of benzene rings is 1. The first-order valence-corrected chi connectivity index (χ1v) is 7.14. The maximum Gasteiger partial charge on any atom is 0.180 e. The first kappa shape index (κ1) is 13.1. The lowest BCUT2D eigenvalue weighted by Gasteiger charge is -2.09. The van der Waals surface area contributed by atoms with E-state index in [9.17, 15) is 0 Å². The quantitative estimate of drug-likeness (QED) is 0.778. The summed E-state index contributed by atoms with van der Waals surface area (Å²) in [6, 6.07) is 10.2. The smallest absolute Gasteiger partial charge is 0.180 e. The van der Waals surface area contributed by atoms with Gasteiger partial charge in [0.2, 0.25) is 0 Å². The predicted molar refractivity (Wildman–Crippen MR) is 86.1 cm³/mol. The number of hydrogen-bond donors (Lipinski definition) is 1. The van der Waals surface area contributed by atoms with E-state index in [1.165, 1.54) is 5.56 Å². The minimum absolute atomic E-state index is 0.740. The average molecular weight is 331 g/mol. The van der Waals surface area contributed by atoms with E-state index in [0.717, 1.165) is 32.8 Å². The van der Waals surface area contributed by atoms with E-state index in [2.05, 4.69) is 56.0 Å². The van der Waals surface area contributed by atoms with Gasteiger partial charge < -0.3 is 9.88 Å². The molecule has 0 spiro atoms. The highest BCUT2D eigenvalue weighted by molar-refractivity contribution is 9.10. The summed E-state index contributed by atoms with van der Waals surface area (Å²) < 4.78 is 1.05. The van der Waals surface area contributed by atoms with Crippen molar-refractivity contribution in [2.75, 3.05) is 19.0 Å². The molecule has 1 aromatic carbocycles. The molecule has 5 heteroatoms. The Morgan fingerprint density at radius 1 is 1.10 bits per heavy atom. The Bertz CT molecular complexity index is 756. The second-order valence-corrected chi connectivity index (χ2v) is 5.95. The third-order valence-electron chi connectivity index (χ3n) is 3.10. The van der Waals surface area contributed by atoms with Crippen molar-refractivity contribution in [3.63, 3.8) is 0 Å². The Hall–Kier alpha value is -1.88. The maximum absolute atomic E-state index is 4.59. The normalized spacial score (nSPS) is 11.0. The molecule has 102 valence electrons. The van der Waals surface area contributed by atoms with Crippen molar-refractivity contribution in [3.05, 3.63) is 40.4 Å². The van der Waals surface area contributed by atoms with E-state index < -0.39 is 0 Å². The van der Waals surface area contributed by atoms with E-state index in [-0.39, 0.29) is 0 Å². The largest absolute Gasteiger partial charge is 0.363 e. The summed E-state index contributed by atoms with van der Waals surface area (Å²) >= 11 is 3.52. The third kappa shape index (κ3) is 2.41. The van der Waals surface area contributed by atoms with Crippen LogP contribution in [-0.4, -0.2) is 29.0 Å². The van der Waals surface area contributed by atoms with Crippen LogP contribution in [0.1, 0.15) is 5.56 Å². The fourth-order valence-electron chi connectivity index (χ4n) is 2.14. The van der Waals surface area contributed by atoms with Gasteiger partial charge in [-0.25, -0.2) is 9.97 Å². The molecule has 0 unspecified atom stereocenters. The van der Waals surface area contributed by atoms with Crippen molar-refractivity contribution in [2.45, 2.75) is 6.92 Å². The molecule has 0 amide bonds. The van der Waals surface area contributed by atoms with Crippen LogP contribution in [0, 0.1) is 6.92 Å². The van der Waals surface area contributed by atoms with Gasteiger partial charge in [0, 0.05) is 24.1 Å². The van der Waals surface area contributed by atoms with Crippen LogP contribution in [0.2, 0.25) is 0 Å². The SMILES string of the molecule is Cc1cc(Br)cc(-c2nc3nc(N(C)C)ccc3[nH]2)c1. The lowest BCUT2D eigenvalue weighted by Crippen LogP contribution is -2.10. The van der Waals surface area contributed by atoms with Gasteiger partial charge in [0.15, 0.2) is 5.65 Å². The number of rotatable bonds is 2. The standard InChI is InChI=1S/C15H15BrN4/c1-9-6-10(8-11(16)7-9)14-17-12-4-5-13(20(2)3)18-15(12)19-14/h4-8H,1-3H3,(H,17,18,19). The van der Waals surface area contributed by atoms with Gasteiger partial charge in [0.05, 0.1) is 5.52 Å². The fourth-order valence-corrected chi connectivity index (χ4v) is 2.75. The highest BCUT2D eigenvalue weighted by atomic mass is 79.9. The number of nitrogens with zero attached hydrogens (tertiary/aromatic N) is 3. The van der Waals surface area contributed by atoms with Gasteiger partial charge in [0.1, 0.15) is 11.6 Å². The average Bonchev–Trinajstić information content (AvgIpc) is 2.80. The second-order valence-electron chi connectivity index (χ2n) is 5.04. The summed E-state index contributed by atoms with van der Waals surface area (Å²) in [6.07, 6.45) is 0. The number of pyridine rings is 1. The molecule has 0 bridgehead atoms. The Morgan fingerprint density at radius 3 is 2.60 bits per heavy atom. The lowest BCUT2D eigenvalue weighted by atomic mass is 10.1. The summed E-state index contributed by atoms with van der Waals surface area (Å²) in [6.45, 7) is 2.07. The number of H-pyrrole nitrogens is 1. The fraction of sp³-hybridized carbons (Fsp3) is 0.200. The number of imidazole rings is 1. The minimum Gasteiger partial charge on any atom is -0.363 e. The molecule has 2 aromatic heterocycles. The van der Waals surface area contributed by atoms with Gasteiger partial charge in [-0.1, -0.05) is 15.9 Å². The maximum atomic E-state index is 4.59. The van der Waals surface area contributed by atoms with Crippen LogP contribution in [0.25, 0.3) is 22.6 Å². The van der Waals surface area contributed by atoms with Crippen LogP contribution in [0.5, 0.6) is 0 Å². The van der Waals surface area contributed by atoms with E-state index in [0.29, 0.717) is 0 Å². The molecule has 3 aromatic rings. The Kier molecular flexibility index (Phi) is 3.22. The van der Waals surface area contributed by atoms with Crippen molar-refractivity contribution >= 4 is 32.9 Å². The number of halogens is 1. The van der Waals surface area contributed by atoms with Gasteiger partial charge >= 0.3 is 0 Å². The molecule has 0 radical (unpaired) electrons. The van der Waals surface area contributed by atoms with Crippen LogP contribution in [-0.2, 0) is 0 Å². The zero-order valence-corrected chi connectivity index (χ0v) is 13.2. The second kappa shape index (κ2) is 4.90. The first-order valence-electron chi connectivity index (χ1n) is 6.34. The van der Waals surface area contributed by atoms with Gasteiger partial charge in [-0.3, -0.25) is 0 Å². The summed E-state index contributed by atoms with van der Waals surface area (Å²) in [5.41, 5.74) is 3.94. The third-order valence-corrected chi connectivity index (χ3v) is 3.56. The van der Waals surface area contributed by atoms with Crippen molar-refractivity contribution in [1.29, 1.82) is 0 Å². The van der Waals surface area contributed by atoms with Crippen molar-refractivity contribution in [1.82, 2.24) is 15.0 Å². The Morgan fingerprint density at radius 2 is 1.90 bits per heavy atom. The molecule has 0 aliphatic carbocycles. The molecule has 2 heterocycles. The van der Waals surface area contributed by atoms with Gasteiger partial charge in [-0.2, -0.15) is 0 Å². The molecule has 4 nitrogen and oxygen atoms in total. The molecule has 0 atom stereocenters. The zero-order valence-electron chi connectivity index (χ0n) is 11.6. The summed E-state index contributed by atoms with van der Waals surface area (Å²) in [4.78, 5) is 14.4. The number of hydrogen-bond acceptors (Lipinski definition) is 3. The molecule has 0 aliphatic rings. The minimum atomic E-state index is 0.740. The van der Waals surface area contributed by atoms with Gasteiger partial charge in [0.25, 0.3) is 0 Å². The van der Waals surface area contributed by atoms with E-state index >= 15 is 0 Å². The van der Waals surface area contributed by atoms with Crippen molar-refractivity contribution < 1.29 is 0 Å². The topological polar surface area (TPSA) is 44.8 Å². The zero-order chi connectivity index (χ0) is 14.3. The van der Waals surface area contributed by atoms with Crippen molar-refractivity contribution in [2.24, 2.45) is 0 Å². The summed E-state index contributed by atoms with van der Waals surface area (Å²) in [7, 11) is 3.94. The van der Waals surface area contributed by atoms with Gasteiger partial charge in [-0.15, -0.1) is 0 Å². The Balaban J connectivity index is 2.12. The van der Waals surface area contributed by atoms with Crippen LogP contribution in [0.3, 0.4) is 0 Å². The molecule has 1 N–H and O–H groups in total. The van der Waals surface area contributed by atoms with Gasteiger partial charge in [-0.05, 0) is 42.8 Å². The van der Waals surface area contributed by atoms with Crippen LogP contribution >= 0.6 is 15.9 Å². The predicted octanol–water partition coefficient (Wildman–Crippen LogP) is 3.76. The molecule has 0 saturated heterocycles. The summed E-state index contributed by atoms with van der Waals surface area (Å²) in [5, 5.41) is 0. The van der Waals surface area contributed by atoms with Crippen LogP contribution in [0.15, 0.2) is 34.8 Å². The van der Waals surface area contributed by atoms with E-state index in [1.54, 1.807) is 0 Å². The van der Waals surface area contributed by atoms with E-state index in [4.69, 9.17) is 0 Å². The van der Waals surface area contributed by atoms with Crippen molar-refractivity contribution in [3.8, 4) is 11.4 Å². The molecule has 20 heavy (non-hydrogen) atoms. The molecular weight excluding hydrogens is 316 g/mol. The van der Waals surface area contributed by atoms with E-state index in [1.807, 2.05) is 31.1 Å². The number of aryl methyl sites for hydroxylation is 1. The molecule has 0 aliphatic heterocycles. The van der Waals surface area contributed by atoms with Crippen LogP contribution in [0.4, 0.5) is 5.82 Å². The highest BCUT2D eigenvalue weighted by Gasteiger charge is 2.09. The highest BCUT2D eigenvalue weighted by Crippen LogP contribution is 2.25. The lowest BCUT2D eigenvalue weighted by molar-refractivity contribution is 1.08. The number of aromatic nitrogens is 3.